The van der Waals surface area contributed by atoms with Crippen LogP contribution in [0.1, 0.15) is 77.7 Å². The Morgan fingerprint density at radius 1 is 0.914 bits per heavy atom. The van der Waals surface area contributed by atoms with Gasteiger partial charge >= 0.3 is 0 Å². The number of hydrogen-bond acceptors (Lipinski definition) is 4. The van der Waals surface area contributed by atoms with Crippen LogP contribution in [0.4, 0.5) is 0 Å². The molecule has 3 saturated carbocycles. The van der Waals surface area contributed by atoms with Gasteiger partial charge in [0.15, 0.2) is 5.79 Å². The number of hydrogen-bond donors (Lipinski definition) is 0. The van der Waals surface area contributed by atoms with Crippen molar-refractivity contribution in [2.75, 3.05) is 20.3 Å². The van der Waals surface area contributed by atoms with Gasteiger partial charge in [0.25, 0.3) is 0 Å². The summed E-state index contributed by atoms with van der Waals surface area (Å²) in [6.07, 6.45) is 13.1. The molecule has 1 saturated heterocycles. The third-order valence-electron chi connectivity index (χ3n) is 11.2. The summed E-state index contributed by atoms with van der Waals surface area (Å²) in [4.78, 5) is 0. The molecule has 6 rings (SSSR count). The summed E-state index contributed by atoms with van der Waals surface area (Å²) >= 11 is 0. The first-order valence-corrected chi connectivity index (χ1v) is 14.1. The summed E-state index contributed by atoms with van der Waals surface area (Å²) in [6.45, 7) is 9.59. The largest absolute Gasteiger partial charge is 0.497 e. The van der Waals surface area contributed by atoms with E-state index in [1.165, 1.54) is 50.5 Å². The first-order valence-electron chi connectivity index (χ1n) is 14.1. The molecule has 7 atom stereocenters. The monoisotopic (exact) mass is 480 g/mol. The van der Waals surface area contributed by atoms with Crippen LogP contribution in [-0.2, 0) is 20.8 Å². The number of fused-ring (bicyclic) bond motifs is 5. The van der Waals surface area contributed by atoms with Gasteiger partial charge in [-0.15, -0.1) is 0 Å². The molecule has 1 aromatic rings. The molecule has 35 heavy (non-hydrogen) atoms. The first-order chi connectivity index (χ1) is 16.9. The number of allylic oxidation sites excluding steroid dienone is 1. The first kappa shape index (κ1) is 24.0. The van der Waals surface area contributed by atoms with Crippen LogP contribution < -0.4 is 4.74 Å². The van der Waals surface area contributed by atoms with Crippen molar-refractivity contribution >= 4 is 0 Å². The zero-order valence-electron chi connectivity index (χ0n) is 22.2. The molecule has 0 aromatic heterocycles. The second-order valence-electron chi connectivity index (χ2n) is 12.7. The van der Waals surface area contributed by atoms with Gasteiger partial charge in [0.05, 0.1) is 33.0 Å². The highest BCUT2D eigenvalue weighted by atomic mass is 16.7. The van der Waals surface area contributed by atoms with E-state index in [0.29, 0.717) is 29.5 Å². The van der Waals surface area contributed by atoms with Gasteiger partial charge in [-0.1, -0.05) is 37.6 Å². The van der Waals surface area contributed by atoms with Crippen molar-refractivity contribution in [2.45, 2.75) is 90.6 Å². The maximum absolute atomic E-state index is 6.43. The average molecular weight is 481 g/mol. The van der Waals surface area contributed by atoms with E-state index in [2.05, 4.69) is 39.0 Å². The van der Waals surface area contributed by atoms with Gasteiger partial charge in [-0.05, 0) is 105 Å². The van der Waals surface area contributed by atoms with Crippen molar-refractivity contribution in [3.63, 3.8) is 0 Å². The Morgan fingerprint density at radius 2 is 1.69 bits per heavy atom. The molecule has 192 valence electrons. The van der Waals surface area contributed by atoms with Crippen LogP contribution in [-0.4, -0.2) is 32.2 Å². The molecule has 0 amide bonds. The smallest absolute Gasteiger partial charge is 0.169 e. The number of rotatable bonds is 5. The Balaban J connectivity index is 1.14. The van der Waals surface area contributed by atoms with Crippen LogP contribution in [0.25, 0.3) is 0 Å². The van der Waals surface area contributed by atoms with E-state index < -0.39 is 0 Å². The van der Waals surface area contributed by atoms with Crippen molar-refractivity contribution < 1.29 is 18.9 Å². The molecular formula is C31H44O4. The molecule has 4 nitrogen and oxygen atoms in total. The lowest BCUT2D eigenvalue weighted by molar-refractivity contribution is -0.214. The Bertz CT molecular complexity index is 947. The molecule has 1 aromatic carbocycles. The van der Waals surface area contributed by atoms with Gasteiger partial charge in [-0.2, -0.15) is 0 Å². The van der Waals surface area contributed by atoms with Crippen molar-refractivity contribution in [3.05, 3.63) is 41.5 Å². The summed E-state index contributed by atoms with van der Waals surface area (Å²) < 4.78 is 24.1. The normalized spacial score (nSPS) is 42.1. The van der Waals surface area contributed by atoms with Gasteiger partial charge < -0.3 is 18.9 Å². The van der Waals surface area contributed by atoms with Crippen LogP contribution in [0.5, 0.6) is 5.75 Å². The molecular weight excluding hydrogens is 436 g/mol. The van der Waals surface area contributed by atoms with Crippen molar-refractivity contribution in [1.29, 1.82) is 0 Å². The Labute approximate surface area is 211 Å². The second kappa shape index (κ2) is 8.89. The summed E-state index contributed by atoms with van der Waals surface area (Å²) in [5, 5.41) is 0. The van der Waals surface area contributed by atoms with Crippen molar-refractivity contribution in [1.82, 2.24) is 0 Å². The minimum Gasteiger partial charge on any atom is -0.497 e. The quantitative estimate of drug-likeness (QED) is 0.429. The van der Waals surface area contributed by atoms with E-state index in [9.17, 15) is 0 Å². The maximum atomic E-state index is 6.43. The molecule has 0 bridgehead atoms. The highest BCUT2D eigenvalue weighted by Gasteiger charge is 2.62. The van der Waals surface area contributed by atoms with E-state index in [1.54, 1.807) is 12.7 Å². The molecule has 1 heterocycles. The maximum Gasteiger partial charge on any atom is 0.169 e. The van der Waals surface area contributed by atoms with Crippen LogP contribution in [0, 0.1) is 34.5 Å². The van der Waals surface area contributed by atoms with Crippen LogP contribution in [0.3, 0.4) is 0 Å². The Morgan fingerprint density at radius 3 is 2.43 bits per heavy atom. The van der Waals surface area contributed by atoms with Gasteiger partial charge in [0.2, 0.25) is 0 Å². The topological polar surface area (TPSA) is 36.9 Å². The predicted octanol–water partition coefficient (Wildman–Crippen LogP) is 6.92. The Hall–Kier alpha value is -1.36. The minimum atomic E-state index is -0.366. The molecule has 0 radical (unpaired) electrons. The lowest BCUT2D eigenvalue weighted by Gasteiger charge is -2.59. The fourth-order valence-electron chi connectivity index (χ4n) is 9.30. The van der Waals surface area contributed by atoms with Crippen molar-refractivity contribution in [2.24, 2.45) is 34.5 Å². The standard InChI is InChI=1S/C31H44O4/c1-29-15-13-24(33-20-21-5-8-23(32-4)9-6-21)19-22(29)7-10-25-26-11-12-28(31(3)34-17-18-35-31)30(26,2)16-14-27(25)29/h5-9,24-28H,10-20H2,1-4H3. The van der Waals surface area contributed by atoms with Gasteiger partial charge in [0, 0.05) is 5.92 Å². The molecule has 4 heteroatoms. The minimum absolute atomic E-state index is 0.342. The SMILES string of the molecule is COc1ccc(COC2CCC3(C)C(=CCC4C3CCC3(C)C4CCC3C3(C)OCCO3)C2)cc1. The van der Waals surface area contributed by atoms with Crippen molar-refractivity contribution in [3.8, 4) is 5.75 Å². The van der Waals surface area contributed by atoms with Gasteiger partial charge in [-0.25, -0.2) is 0 Å². The molecule has 4 fully saturated rings. The van der Waals surface area contributed by atoms with E-state index in [4.69, 9.17) is 18.9 Å². The average Bonchev–Trinajstić information content (AvgIpc) is 3.46. The molecule has 5 aliphatic rings. The molecule has 0 N–H and O–H groups in total. The molecule has 1 aliphatic heterocycles. The van der Waals surface area contributed by atoms with Crippen LogP contribution in [0.2, 0.25) is 0 Å². The summed E-state index contributed by atoms with van der Waals surface area (Å²) in [5.74, 6) is 3.50. The van der Waals surface area contributed by atoms with Gasteiger partial charge in [0.1, 0.15) is 5.75 Å². The van der Waals surface area contributed by atoms with E-state index in [0.717, 1.165) is 43.1 Å². The summed E-state index contributed by atoms with van der Waals surface area (Å²) in [5.41, 5.74) is 3.62. The van der Waals surface area contributed by atoms with Crippen LogP contribution >= 0.6 is 0 Å². The lowest BCUT2D eigenvalue weighted by Crippen LogP contribution is -2.53. The van der Waals surface area contributed by atoms with E-state index in [-0.39, 0.29) is 5.79 Å². The zero-order valence-corrected chi connectivity index (χ0v) is 22.2. The molecule has 0 spiro atoms. The fraction of sp³-hybridized carbons (Fsp3) is 0.742. The van der Waals surface area contributed by atoms with Crippen LogP contribution in [0.15, 0.2) is 35.9 Å². The summed E-state index contributed by atoms with van der Waals surface area (Å²) in [7, 11) is 1.71. The number of methoxy groups -OCH3 is 1. The van der Waals surface area contributed by atoms with Gasteiger partial charge in [-0.3, -0.25) is 0 Å². The van der Waals surface area contributed by atoms with E-state index >= 15 is 0 Å². The predicted molar refractivity (Wildman–Crippen MR) is 137 cm³/mol. The molecule has 4 aliphatic carbocycles. The third kappa shape index (κ3) is 3.90. The number of ether oxygens (including phenoxy) is 4. The lowest BCUT2D eigenvalue weighted by atomic mass is 9.47. The highest BCUT2D eigenvalue weighted by Crippen LogP contribution is 2.68. The fourth-order valence-corrected chi connectivity index (χ4v) is 9.30. The third-order valence-corrected chi connectivity index (χ3v) is 11.2. The Kier molecular flexibility index (Phi) is 6.09. The second-order valence-corrected chi connectivity index (χ2v) is 12.7. The molecule has 7 unspecified atom stereocenters. The zero-order chi connectivity index (χ0) is 24.3. The summed E-state index contributed by atoms with van der Waals surface area (Å²) in [6, 6.07) is 8.28. The highest BCUT2D eigenvalue weighted by molar-refractivity contribution is 5.28. The van der Waals surface area contributed by atoms with E-state index in [1.807, 2.05) is 12.1 Å². The number of benzene rings is 1.